The van der Waals surface area contributed by atoms with Crippen molar-refractivity contribution in [2.24, 2.45) is 5.16 Å². The Hall–Kier alpha value is -4.19. The standard InChI is InChI=1S/C28H29ClN8O7S2/c1-13(26(40)41)44-34-19(18-22(29)46-28(30)33-18)23(38)32-20-24(39)37-21(27(42)43)14(12-45-25(20)37)10-35-8-3-5-16-17(35)6-9-36(16)11-15-4-2-7-31-15/h3,5-6,8-9,13,15,20,25,31H,2,4,7,10-12H2,1H3,(H4-,30,32,33,38,40,41,42,43)/b34-19-/t13-,15-,20+,25+/m0/s1. The molecular weight excluding hydrogens is 660 g/mol. The molecule has 5 N–H and O–H groups in total. The zero-order chi connectivity index (χ0) is 32.7. The number of thiazole rings is 1. The molecule has 2 amide bonds. The van der Waals surface area contributed by atoms with Crippen molar-refractivity contribution in [3.8, 4) is 0 Å². The molecule has 46 heavy (non-hydrogen) atoms. The first kappa shape index (κ1) is 31.8. The lowest BCUT2D eigenvalue weighted by atomic mass is 10.0. The van der Waals surface area contributed by atoms with E-state index < -0.39 is 47.0 Å². The lowest BCUT2D eigenvalue weighted by molar-refractivity contribution is -0.663. The van der Waals surface area contributed by atoms with Gasteiger partial charge in [0.1, 0.15) is 27.0 Å². The number of carboxylic acid groups (broad SMARTS) is 2. The summed E-state index contributed by atoms with van der Waals surface area (Å²) in [4.78, 5) is 60.4. The van der Waals surface area contributed by atoms with Crippen molar-refractivity contribution < 1.29 is 38.8 Å². The summed E-state index contributed by atoms with van der Waals surface area (Å²) in [7, 11) is 0. The van der Waals surface area contributed by atoms with E-state index in [9.17, 15) is 24.3 Å². The number of fused-ring (bicyclic) bond motifs is 2. The first-order valence-corrected chi connectivity index (χ1v) is 16.6. The van der Waals surface area contributed by atoms with Gasteiger partial charge in [0.2, 0.25) is 11.6 Å². The maximum atomic E-state index is 13.4. The van der Waals surface area contributed by atoms with Gasteiger partial charge in [0.25, 0.3) is 11.8 Å². The summed E-state index contributed by atoms with van der Waals surface area (Å²) < 4.78 is 4.12. The highest BCUT2D eigenvalue weighted by molar-refractivity contribution is 8.00. The minimum atomic E-state index is -1.50. The van der Waals surface area contributed by atoms with Crippen LogP contribution in [0.5, 0.6) is 0 Å². The molecule has 2 saturated heterocycles. The number of thioether (sulfide) groups is 1. The average Bonchev–Trinajstić information content (AvgIpc) is 3.77. The molecule has 0 aromatic carbocycles. The minimum Gasteiger partial charge on any atom is -0.543 e. The van der Waals surface area contributed by atoms with Crippen LogP contribution in [0.4, 0.5) is 5.13 Å². The second-order valence-corrected chi connectivity index (χ2v) is 13.7. The van der Waals surface area contributed by atoms with Gasteiger partial charge in [0.15, 0.2) is 23.6 Å². The Morgan fingerprint density at radius 3 is 2.87 bits per heavy atom. The molecule has 18 heteroatoms. The second kappa shape index (κ2) is 12.9. The first-order chi connectivity index (χ1) is 22.0. The molecule has 0 unspecified atom stereocenters. The summed E-state index contributed by atoms with van der Waals surface area (Å²) >= 11 is 8.33. The van der Waals surface area contributed by atoms with Gasteiger partial charge in [-0.15, -0.1) is 11.8 Å². The minimum absolute atomic E-state index is 0.00328. The van der Waals surface area contributed by atoms with Gasteiger partial charge in [-0.25, -0.2) is 9.78 Å². The van der Waals surface area contributed by atoms with Crippen LogP contribution >= 0.6 is 34.7 Å². The van der Waals surface area contributed by atoms with Gasteiger partial charge in [-0.3, -0.25) is 14.5 Å². The molecular formula is C28H29ClN8O7S2. The largest absolute Gasteiger partial charge is 0.543 e. The Morgan fingerprint density at radius 1 is 1.39 bits per heavy atom. The van der Waals surface area contributed by atoms with Crippen LogP contribution in [0.1, 0.15) is 25.5 Å². The van der Waals surface area contributed by atoms with Gasteiger partial charge < -0.3 is 40.8 Å². The fraction of sp³-hybridized carbons (Fsp3) is 0.393. The normalized spacial score (nSPS) is 22.0. The van der Waals surface area contributed by atoms with Crippen LogP contribution in [-0.2, 0) is 37.1 Å². The number of hydrogen-bond donors (Lipinski definition) is 4. The van der Waals surface area contributed by atoms with E-state index in [4.69, 9.17) is 27.3 Å². The number of nitrogens with zero attached hydrogens (tertiary/aromatic N) is 5. The molecule has 0 spiro atoms. The molecule has 242 valence electrons. The highest BCUT2D eigenvalue weighted by Crippen LogP contribution is 2.40. The number of nitrogens with two attached hydrogens (primary N) is 1. The van der Waals surface area contributed by atoms with Gasteiger partial charge in [0, 0.05) is 42.2 Å². The van der Waals surface area contributed by atoms with Crippen molar-refractivity contribution in [3.05, 3.63) is 51.9 Å². The maximum Gasteiger partial charge on any atom is 0.347 e. The Morgan fingerprint density at radius 2 is 2.20 bits per heavy atom. The lowest BCUT2D eigenvalue weighted by Crippen LogP contribution is -2.71. The Labute approximate surface area is 275 Å². The Balaban J connectivity index is 1.22. The lowest BCUT2D eigenvalue weighted by Gasteiger charge is -2.50. The monoisotopic (exact) mass is 688 g/mol. The van der Waals surface area contributed by atoms with E-state index in [0.29, 0.717) is 11.6 Å². The summed E-state index contributed by atoms with van der Waals surface area (Å²) in [5.41, 5.74) is 7.25. The molecule has 0 saturated carbocycles. The third kappa shape index (κ3) is 6.02. The number of rotatable bonds is 11. The number of amides is 2. The van der Waals surface area contributed by atoms with Crippen LogP contribution in [0, 0.1) is 0 Å². The third-order valence-corrected chi connectivity index (χ3v) is 10.4. The van der Waals surface area contributed by atoms with E-state index in [1.54, 1.807) is 0 Å². The number of aliphatic carboxylic acids is 2. The zero-order valence-corrected chi connectivity index (χ0v) is 26.7. The first-order valence-electron chi connectivity index (χ1n) is 14.3. The fourth-order valence-electron chi connectivity index (χ4n) is 5.70. The molecule has 3 aliphatic rings. The van der Waals surface area contributed by atoms with Crippen molar-refractivity contribution in [3.63, 3.8) is 0 Å². The number of carbonyl (C=O) groups excluding carboxylic acids is 3. The highest BCUT2D eigenvalue weighted by Gasteiger charge is 2.53. The van der Waals surface area contributed by atoms with Crippen LogP contribution in [0.25, 0.3) is 11.0 Å². The summed E-state index contributed by atoms with van der Waals surface area (Å²) in [6, 6.07) is 5.19. The molecule has 4 atom stereocenters. The van der Waals surface area contributed by atoms with Crippen LogP contribution in [0.2, 0.25) is 4.34 Å². The number of hydrogen-bond acceptors (Lipinski definition) is 12. The van der Waals surface area contributed by atoms with Crippen LogP contribution in [-0.4, -0.2) is 84.9 Å². The smallest absolute Gasteiger partial charge is 0.347 e. The van der Waals surface area contributed by atoms with Gasteiger partial charge >= 0.3 is 5.97 Å². The predicted molar refractivity (Wildman–Crippen MR) is 166 cm³/mol. The number of nitrogens with one attached hydrogen (secondary N) is 2. The number of halogens is 1. The van der Waals surface area contributed by atoms with E-state index >= 15 is 0 Å². The summed E-state index contributed by atoms with van der Waals surface area (Å²) in [6.07, 6.45) is 4.73. The number of pyridine rings is 1. The van der Waals surface area contributed by atoms with E-state index in [1.807, 2.05) is 35.2 Å². The van der Waals surface area contributed by atoms with Gasteiger partial charge in [-0.05, 0) is 32.4 Å². The fourth-order valence-corrected chi connectivity index (χ4v) is 7.97. The van der Waals surface area contributed by atoms with Crippen molar-refractivity contribution in [1.29, 1.82) is 0 Å². The van der Waals surface area contributed by atoms with Gasteiger partial charge in [0.05, 0.1) is 11.7 Å². The van der Waals surface area contributed by atoms with Crippen LogP contribution in [0.15, 0.2) is 47.0 Å². The highest BCUT2D eigenvalue weighted by atomic mass is 35.5. The van der Waals surface area contributed by atoms with Crippen molar-refractivity contribution >= 4 is 80.3 Å². The Kier molecular flexibility index (Phi) is 8.91. The number of aromatic nitrogens is 3. The molecule has 0 radical (unpaired) electrons. The van der Waals surface area contributed by atoms with Crippen molar-refractivity contribution in [2.75, 3.05) is 18.0 Å². The molecule has 3 aromatic heterocycles. The number of carboxylic acids is 2. The number of nitrogen functional groups attached to an aromatic ring is 1. The predicted octanol–water partition coefficient (Wildman–Crippen LogP) is -0.329. The van der Waals surface area contributed by atoms with E-state index in [0.717, 1.165) is 53.2 Å². The van der Waals surface area contributed by atoms with E-state index in [1.165, 1.54) is 18.7 Å². The summed E-state index contributed by atoms with van der Waals surface area (Å²) in [6.45, 7) is 3.25. The zero-order valence-electron chi connectivity index (χ0n) is 24.3. The van der Waals surface area contributed by atoms with Crippen molar-refractivity contribution in [1.82, 2.24) is 25.1 Å². The Bertz CT molecular complexity index is 1800. The number of carbonyl (C=O) groups is 4. The molecule has 2 fully saturated rings. The van der Waals surface area contributed by atoms with Gasteiger partial charge in [-0.2, -0.15) is 4.57 Å². The summed E-state index contributed by atoms with van der Waals surface area (Å²) in [5, 5.41) is 30.5. The quantitative estimate of drug-likeness (QED) is 0.0888. The van der Waals surface area contributed by atoms with Crippen LogP contribution < -0.4 is 26.0 Å². The number of anilines is 1. The summed E-state index contributed by atoms with van der Waals surface area (Å²) in [5.74, 6) is -4.17. The van der Waals surface area contributed by atoms with Gasteiger partial charge in [-0.1, -0.05) is 28.1 Å². The molecule has 3 aromatic rings. The second-order valence-electron chi connectivity index (χ2n) is 11.0. The van der Waals surface area contributed by atoms with Crippen LogP contribution in [0.3, 0.4) is 0 Å². The van der Waals surface area contributed by atoms with E-state index in [-0.39, 0.29) is 33.2 Å². The molecule has 6 rings (SSSR count). The third-order valence-electron chi connectivity index (χ3n) is 7.97. The number of β-lactam (4-membered cyclic amide) rings is 1. The SMILES string of the molecule is C[C@H](O/N=C(\C(=O)N[C@@H]1C(=O)N2C(C(=O)[O-])=C(C[n+]3cccc4c3ccn4C[C@@H]3CCCN3)CS[C@H]12)c1nc(N)sc1Cl)C(=O)O. The average molecular weight is 689 g/mol. The molecule has 3 aliphatic heterocycles. The topological polar surface area (TPSA) is 208 Å². The molecule has 6 heterocycles. The molecule has 0 aliphatic carbocycles. The maximum absolute atomic E-state index is 13.4. The molecule has 15 nitrogen and oxygen atoms in total. The van der Waals surface area contributed by atoms with Crippen molar-refractivity contribution in [2.45, 2.75) is 56.4 Å². The van der Waals surface area contributed by atoms with E-state index in [2.05, 4.69) is 25.3 Å². The number of oxime groups is 1. The molecule has 0 bridgehead atoms.